The molecule has 3 aliphatic rings. The number of nitrogens with one attached hydrogen (secondary N) is 1. The highest BCUT2D eigenvalue weighted by molar-refractivity contribution is 7.13. The molecule has 1 saturated carbocycles. The summed E-state index contributed by atoms with van der Waals surface area (Å²) in [5.41, 5.74) is 9.16. The number of aliphatic hydroxyl groups excluding tert-OH is 1. The van der Waals surface area contributed by atoms with E-state index in [1.807, 2.05) is 75.7 Å². The maximum atomic E-state index is 14.2. The Hall–Kier alpha value is -5.64. The molecule has 60 heavy (non-hydrogen) atoms. The van der Waals surface area contributed by atoms with Gasteiger partial charge in [0, 0.05) is 56.0 Å². The van der Waals surface area contributed by atoms with Crippen LogP contribution in [0.4, 0.5) is 0 Å². The second-order valence-corrected chi connectivity index (χ2v) is 17.8. The molecule has 0 radical (unpaired) electrons. The average Bonchev–Trinajstić information content (AvgIpc) is 3.90. The number of para-hydroxylation sites is 1. The van der Waals surface area contributed by atoms with E-state index in [-0.39, 0.29) is 42.5 Å². The molecule has 6 heterocycles. The summed E-state index contributed by atoms with van der Waals surface area (Å²) >= 11 is 1.59. The maximum absolute atomic E-state index is 14.2. The van der Waals surface area contributed by atoms with E-state index < -0.39 is 18.1 Å². The van der Waals surface area contributed by atoms with Gasteiger partial charge in [-0.3, -0.25) is 14.5 Å². The van der Waals surface area contributed by atoms with E-state index in [9.17, 15) is 19.8 Å². The number of carbonyl (C=O) groups excluding carboxylic acids is 2. The lowest BCUT2D eigenvalue weighted by Gasteiger charge is -2.29. The number of ether oxygens (including phenoxy) is 1. The number of phenols is 1. The van der Waals surface area contributed by atoms with Crippen molar-refractivity contribution in [1.29, 1.82) is 0 Å². The van der Waals surface area contributed by atoms with Crippen LogP contribution in [0.3, 0.4) is 0 Å². The van der Waals surface area contributed by atoms with Gasteiger partial charge >= 0.3 is 0 Å². The minimum atomic E-state index is -0.824. The second-order valence-electron chi connectivity index (χ2n) is 16.9. The molecule has 6 atom stereocenters. The Bertz CT molecular complexity index is 2520. The number of aromatic nitrogens is 5. The molecule has 3 N–H and O–H groups in total. The monoisotopic (exact) mass is 830 g/mol. The lowest BCUT2D eigenvalue weighted by molar-refractivity contribution is -0.141. The number of benzene rings is 2. The number of β-amino-alcohol motifs (C(OH)–C–C–N with tert-alkyl or cyclic N) is 1. The highest BCUT2D eigenvalue weighted by Gasteiger charge is 2.57. The summed E-state index contributed by atoms with van der Waals surface area (Å²) in [4.78, 5) is 37.2. The van der Waals surface area contributed by atoms with Crippen LogP contribution < -0.4 is 10.1 Å². The molecular weight excluding hydrogens is 781 g/mol. The Labute approximate surface area is 352 Å². The summed E-state index contributed by atoms with van der Waals surface area (Å²) in [5.74, 6) is 0.395. The lowest BCUT2D eigenvalue weighted by atomic mass is 9.91. The Morgan fingerprint density at radius 1 is 1.00 bits per heavy atom. The molecule has 0 spiro atoms. The molecule has 2 aromatic carbocycles. The zero-order chi connectivity index (χ0) is 41.8. The number of fused-ring (bicyclic) bond motifs is 2. The van der Waals surface area contributed by atoms with Gasteiger partial charge in [-0.2, -0.15) is 0 Å². The number of likely N-dealkylation sites (tertiary alicyclic amines) is 2. The molecule has 1 aliphatic carbocycles. The fraction of sp³-hybridized carbons (Fsp3) is 0.422. The zero-order valence-electron chi connectivity index (χ0n) is 34.4. The van der Waals surface area contributed by atoms with Gasteiger partial charge in [0.05, 0.1) is 39.4 Å². The Morgan fingerprint density at radius 3 is 2.48 bits per heavy atom. The number of hydrogen-bond acceptors (Lipinski definition) is 12. The zero-order valence-corrected chi connectivity index (χ0v) is 35.2. The van der Waals surface area contributed by atoms with Crippen LogP contribution in [0, 0.1) is 31.6 Å². The van der Waals surface area contributed by atoms with Crippen LogP contribution in [0.25, 0.3) is 32.7 Å². The number of hydrogen-bond donors (Lipinski definition) is 3. The number of amides is 2. The first-order chi connectivity index (χ1) is 28.9. The van der Waals surface area contributed by atoms with Crippen molar-refractivity contribution in [2.24, 2.45) is 17.8 Å². The number of rotatable bonds is 13. The van der Waals surface area contributed by atoms with Crippen molar-refractivity contribution in [3.05, 3.63) is 95.0 Å². The minimum Gasteiger partial charge on any atom is -0.507 e. The largest absolute Gasteiger partial charge is 0.507 e. The Balaban J connectivity index is 0.789. The molecule has 2 saturated heterocycles. The SMILES string of the molecule is Cc1ncsc1-c1ccc([C@H](C)NC(=O)[C@@H]2C[C@@H](O)CN2C(=O)[C@@H](c2cc(OCCN3CC4C(C3)C4n3c(C)cc4nnc(-c5ccccc5O)cc43)no2)C(C)C)cc1. The number of aromatic hydroxyl groups is 1. The summed E-state index contributed by atoms with van der Waals surface area (Å²) in [6.45, 7) is 13.0. The van der Waals surface area contributed by atoms with Crippen molar-refractivity contribution in [3.8, 4) is 33.3 Å². The van der Waals surface area contributed by atoms with Crippen LogP contribution in [-0.2, 0) is 9.59 Å². The number of phenolic OH excluding ortho intramolecular Hbond substituents is 1. The number of aliphatic hydroxyl groups is 1. The molecule has 2 amide bonds. The minimum absolute atomic E-state index is 0.0566. The normalized spacial score (nSPS) is 22.3. The molecule has 15 heteroatoms. The molecule has 3 fully saturated rings. The molecule has 0 bridgehead atoms. The summed E-state index contributed by atoms with van der Waals surface area (Å²) in [7, 11) is 0. The molecule has 2 unspecified atom stereocenters. The molecule has 9 rings (SSSR count). The van der Waals surface area contributed by atoms with Gasteiger partial charge in [-0.15, -0.1) is 21.5 Å². The molecular formula is C45H50N8O6S. The van der Waals surface area contributed by atoms with Crippen LogP contribution in [0.2, 0.25) is 0 Å². The van der Waals surface area contributed by atoms with Gasteiger partial charge in [0.25, 0.3) is 5.88 Å². The number of nitrogens with zero attached hydrogens (tertiary/aromatic N) is 7. The third kappa shape index (κ3) is 7.54. The highest BCUT2D eigenvalue weighted by atomic mass is 32.1. The topological polar surface area (TPSA) is 172 Å². The van der Waals surface area contributed by atoms with Crippen LogP contribution >= 0.6 is 11.3 Å². The predicted octanol–water partition coefficient (Wildman–Crippen LogP) is 6.29. The van der Waals surface area contributed by atoms with Crippen molar-refractivity contribution in [3.63, 3.8) is 0 Å². The fourth-order valence-electron chi connectivity index (χ4n) is 9.39. The van der Waals surface area contributed by atoms with Gasteiger partial charge in [0.1, 0.15) is 29.8 Å². The standard InChI is InChI=1S/C45H50N8O6S/c1-24(2)41(45(57)52-20-30(54)17-37(52)44(56)47-26(4)28-10-12-29(13-11-28)43-27(5)46-23-60-43)39-19-40(50-59-39)58-15-14-51-21-32-33(22-51)42(32)53-25(3)16-35-36(53)18-34(48-49-35)31-8-6-7-9-38(31)55/h6-13,16,18-19,23-24,26,30,32-33,37,41-42,54-55H,14-15,17,20-22H2,1-5H3,(H,47,56)/t26-,30+,32?,33?,37-,41+,42?/m0/s1. The van der Waals surface area contributed by atoms with Crippen LogP contribution in [0.1, 0.15) is 67.9 Å². The first-order valence-electron chi connectivity index (χ1n) is 20.7. The van der Waals surface area contributed by atoms with Crippen LogP contribution in [0.15, 0.2) is 76.8 Å². The number of piperidine rings is 1. The first-order valence-corrected chi connectivity index (χ1v) is 21.6. The van der Waals surface area contributed by atoms with E-state index in [0.29, 0.717) is 47.4 Å². The molecule has 4 aromatic heterocycles. The van der Waals surface area contributed by atoms with Gasteiger partial charge in [0.15, 0.2) is 5.76 Å². The fourth-order valence-corrected chi connectivity index (χ4v) is 10.2. The van der Waals surface area contributed by atoms with Crippen molar-refractivity contribution in [1.82, 2.24) is 40.0 Å². The van der Waals surface area contributed by atoms with Gasteiger partial charge in [0.2, 0.25) is 11.8 Å². The van der Waals surface area contributed by atoms with E-state index in [1.165, 1.54) is 4.90 Å². The van der Waals surface area contributed by atoms with Crippen molar-refractivity contribution < 1.29 is 29.1 Å². The molecule has 312 valence electrons. The summed E-state index contributed by atoms with van der Waals surface area (Å²) in [6.07, 6.45) is -0.668. The van der Waals surface area contributed by atoms with E-state index in [1.54, 1.807) is 29.5 Å². The van der Waals surface area contributed by atoms with Gasteiger partial charge < -0.3 is 34.3 Å². The lowest BCUT2D eigenvalue weighted by Crippen LogP contribution is -2.48. The Kier molecular flexibility index (Phi) is 10.7. The number of thiazole rings is 1. The summed E-state index contributed by atoms with van der Waals surface area (Å²) in [5, 5.41) is 37.2. The van der Waals surface area contributed by atoms with Crippen molar-refractivity contribution in [2.45, 2.75) is 71.2 Å². The third-order valence-electron chi connectivity index (χ3n) is 12.5. The number of aryl methyl sites for hydroxylation is 2. The average molecular weight is 831 g/mol. The van der Waals surface area contributed by atoms with Gasteiger partial charge in [-0.25, -0.2) is 4.98 Å². The quantitative estimate of drug-likeness (QED) is 0.119. The van der Waals surface area contributed by atoms with Crippen molar-refractivity contribution in [2.75, 3.05) is 32.8 Å². The second kappa shape index (κ2) is 16.1. The van der Waals surface area contributed by atoms with E-state index in [0.717, 1.165) is 58.1 Å². The van der Waals surface area contributed by atoms with Crippen LogP contribution in [0.5, 0.6) is 11.6 Å². The smallest absolute Gasteiger partial charge is 0.254 e. The predicted molar refractivity (Wildman–Crippen MR) is 226 cm³/mol. The Morgan fingerprint density at radius 2 is 1.77 bits per heavy atom. The summed E-state index contributed by atoms with van der Waals surface area (Å²) in [6, 6.07) is 20.3. The molecule has 14 nitrogen and oxygen atoms in total. The summed E-state index contributed by atoms with van der Waals surface area (Å²) < 4.78 is 14.2. The van der Waals surface area contributed by atoms with Crippen molar-refractivity contribution >= 4 is 34.2 Å². The van der Waals surface area contributed by atoms with E-state index >= 15 is 0 Å². The number of carbonyl (C=O) groups is 2. The molecule has 6 aromatic rings. The van der Waals surface area contributed by atoms with Gasteiger partial charge in [-0.05, 0) is 79.1 Å². The molecule has 2 aliphatic heterocycles. The first kappa shape index (κ1) is 39.8. The van der Waals surface area contributed by atoms with Gasteiger partial charge in [-0.1, -0.05) is 50.2 Å². The van der Waals surface area contributed by atoms with E-state index in [4.69, 9.17) is 9.26 Å². The van der Waals surface area contributed by atoms with Crippen LogP contribution in [-0.4, -0.2) is 102 Å². The third-order valence-corrected chi connectivity index (χ3v) is 13.5. The highest BCUT2D eigenvalue weighted by Crippen LogP contribution is 2.56. The van der Waals surface area contributed by atoms with E-state index in [2.05, 4.69) is 48.1 Å². The maximum Gasteiger partial charge on any atom is 0.254 e.